The number of ether oxygens (including phenoxy) is 1. The number of hydrogen-bond acceptors (Lipinski definition) is 5. The summed E-state index contributed by atoms with van der Waals surface area (Å²) in [7, 11) is 0. The summed E-state index contributed by atoms with van der Waals surface area (Å²) < 4.78 is 6.26. The molecule has 3 heterocycles. The average Bonchev–Trinajstić information content (AvgIpc) is 3.28. The van der Waals surface area contributed by atoms with Crippen molar-refractivity contribution in [1.82, 2.24) is 9.97 Å². The van der Waals surface area contributed by atoms with Gasteiger partial charge in [-0.05, 0) is 95.1 Å². The maximum Gasteiger partial charge on any atom is 0.160 e. The summed E-state index contributed by atoms with van der Waals surface area (Å²) in [6, 6.07) is 68.3. The summed E-state index contributed by atoms with van der Waals surface area (Å²) in [6.07, 6.45) is 0. The van der Waals surface area contributed by atoms with Crippen LogP contribution in [0.15, 0.2) is 194 Å². The van der Waals surface area contributed by atoms with Gasteiger partial charge in [0.15, 0.2) is 17.3 Å². The van der Waals surface area contributed by atoms with Crippen LogP contribution >= 0.6 is 0 Å². The monoisotopic (exact) mass is 746 g/mol. The van der Waals surface area contributed by atoms with Crippen molar-refractivity contribution < 1.29 is 4.74 Å². The van der Waals surface area contributed by atoms with E-state index >= 15 is 0 Å². The number of nitrogens with zero attached hydrogens (tertiary/aromatic N) is 4. The Morgan fingerprint density at radius 3 is 1.50 bits per heavy atom. The first kappa shape index (κ1) is 33.8. The quantitative estimate of drug-likeness (QED) is 0.175. The molecular formula is C53H38N4O. The maximum absolute atomic E-state index is 6.26. The van der Waals surface area contributed by atoms with Crippen molar-refractivity contribution in [2.75, 3.05) is 9.80 Å². The standard InChI is InChI=1S/C53H38N4O/c1-53(2)42-16-6-8-18-45(42)56(46-19-9-7-17-43(46)53)39-31-26-36(27-32-39)51-41-33-28-38(34-44(41)54-52(55-51)37-14-4-3-5-15-37)35-24-29-40(30-25-35)57-47-20-10-12-22-49(47)58-50-23-13-11-21-48(50)57/h3-34H,1-2H3. The Morgan fingerprint density at radius 1 is 0.414 bits per heavy atom. The van der Waals surface area contributed by atoms with Gasteiger partial charge in [0, 0.05) is 33.3 Å². The molecule has 8 aromatic carbocycles. The molecule has 0 fully saturated rings. The van der Waals surface area contributed by atoms with Crippen molar-refractivity contribution >= 4 is 45.0 Å². The van der Waals surface area contributed by atoms with Crippen LogP contribution in [-0.2, 0) is 5.41 Å². The van der Waals surface area contributed by atoms with Crippen LogP contribution in [0.1, 0.15) is 25.0 Å². The maximum atomic E-state index is 6.26. The Bertz CT molecular complexity index is 2920. The molecule has 276 valence electrons. The molecule has 58 heavy (non-hydrogen) atoms. The molecule has 0 spiro atoms. The van der Waals surface area contributed by atoms with E-state index in [0.717, 1.165) is 73.1 Å². The van der Waals surface area contributed by atoms with E-state index < -0.39 is 0 Å². The second kappa shape index (κ2) is 13.3. The van der Waals surface area contributed by atoms with Gasteiger partial charge in [-0.3, -0.25) is 0 Å². The molecule has 1 aromatic heterocycles. The summed E-state index contributed by atoms with van der Waals surface area (Å²) >= 11 is 0. The minimum atomic E-state index is -0.112. The zero-order chi connectivity index (χ0) is 38.8. The van der Waals surface area contributed by atoms with Gasteiger partial charge in [-0.1, -0.05) is 135 Å². The molecule has 0 radical (unpaired) electrons. The summed E-state index contributed by atoms with van der Waals surface area (Å²) in [6.45, 7) is 4.64. The largest absolute Gasteiger partial charge is 0.453 e. The number of anilines is 6. The van der Waals surface area contributed by atoms with Crippen LogP contribution < -0.4 is 14.5 Å². The van der Waals surface area contributed by atoms with E-state index in [0.29, 0.717) is 5.82 Å². The van der Waals surface area contributed by atoms with Crippen molar-refractivity contribution in [2.45, 2.75) is 19.3 Å². The second-order valence-corrected chi connectivity index (χ2v) is 15.5. The lowest BCUT2D eigenvalue weighted by Crippen LogP contribution is -2.30. The number of para-hydroxylation sites is 6. The SMILES string of the molecule is CC1(C)c2ccccc2N(c2ccc(-c3nc(-c4ccccc4)nc4cc(-c5ccc(N6c7ccccc7Oc7ccccc76)cc5)ccc34)cc2)c2ccccc21. The number of fused-ring (bicyclic) bond motifs is 5. The van der Waals surface area contributed by atoms with Crippen LogP contribution in [-0.4, -0.2) is 9.97 Å². The Kier molecular flexibility index (Phi) is 7.76. The van der Waals surface area contributed by atoms with Crippen molar-refractivity contribution in [3.63, 3.8) is 0 Å². The third-order valence-corrected chi connectivity index (χ3v) is 11.7. The average molecular weight is 747 g/mol. The third kappa shape index (κ3) is 5.47. The molecule has 0 saturated carbocycles. The highest BCUT2D eigenvalue weighted by atomic mass is 16.5. The van der Waals surface area contributed by atoms with Crippen molar-refractivity contribution in [3.05, 3.63) is 205 Å². The van der Waals surface area contributed by atoms with Crippen LogP contribution in [0.5, 0.6) is 11.5 Å². The van der Waals surface area contributed by atoms with E-state index in [1.807, 2.05) is 54.6 Å². The topological polar surface area (TPSA) is 41.5 Å². The van der Waals surface area contributed by atoms with E-state index in [4.69, 9.17) is 14.7 Å². The molecule has 2 aliphatic heterocycles. The third-order valence-electron chi connectivity index (χ3n) is 11.7. The lowest BCUT2D eigenvalue weighted by molar-refractivity contribution is 0.477. The second-order valence-electron chi connectivity index (χ2n) is 15.5. The normalized spacial score (nSPS) is 13.6. The first-order valence-electron chi connectivity index (χ1n) is 19.7. The molecule has 11 rings (SSSR count). The van der Waals surface area contributed by atoms with Crippen LogP contribution in [0, 0.1) is 0 Å². The molecule has 0 amide bonds. The van der Waals surface area contributed by atoms with Crippen molar-refractivity contribution in [2.24, 2.45) is 0 Å². The Morgan fingerprint density at radius 2 is 0.897 bits per heavy atom. The molecule has 0 aliphatic carbocycles. The van der Waals surface area contributed by atoms with Gasteiger partial charge in [-0.25, -0.2) is 9.97 Å². The molecule has 0 unspecified atom stereocenters. The zero-order valence-electron chi connectivity index (χ0n) is 32.2. The number of benzene rings is 8. The number of rotatable bonds is 5. The highest BCUT2D eigenvalue weighted by Gasteiger charge is 2.36. The highest BCUT2D eigenvalue weighted by Crippen LogP contribution is 2.52. The fraction of sp³-hybridized carbons (Fsp3) is 0.0566. The van der Waals surface area contributed by atoms with E-state index in [-0.39, 0.29) is 5.41 Å². The fourth-order valence-electron chi connectivity index (χ4n) is 8.75. The first-order chi connectivity index (χ1) is 28.5. The molecule has 2 aliphatic rings. The van der Waals surface area contributed by atoms with Crippen molar-refractivity contribution in [3.8, 4) is 45.3 Å². The molecule has 5 heteroatoms. The molecule has 0 atom stereocenters. The molecule has 0 N–H and O–H groups in total. The zero-order valence-corrected chi connectivity index (χ0v) is 32.2. The van der Waals surface area contributed by atoms with E-state index in [9.17, 15) is 0 Å². The minimum absolute atomic E-state index is 0.112. The van der Waals surface area contributed by atoms with Crippen LogP contribution in [0.25, 0.3) is 44.7 Å². The first-order valence-corrected chi connectivity index (χ1v) is 19.7. The van der Waals surface area contributed by atoms with Gasteiger partial charge in [0.2, 0.25) is 0 Å². The number of hydrogen-bond donors (Lipinski definition) is 0. The Labute approximate surface area is 338 Å². The molecule has 0 saturated heterocycles. The number of aromatic nitrogens is 2. The van der Waals surface area contributed by atoms with Crippen LogP contribution in [0.3, 0.4) is 0 Å². The van der Waals surface area contributed by atoms with Gasteiger partial charge in [-0.2, -0.15) is 0 Å². The van der Waals surface area contributed by atoms with Crippen LogP contribution in [0.2, 0.25) is 0 Å². The summed E-state index contributed by atoms with van der Waals surface area (Å²) in [5.74, 6) is 2.38. The summed E-state index contributed by atoms with van der Waals surface area (Å²) in [5, 5.41) is 1.00. The van der Waals surface area contributed by atoms with Gasteiger partial charge in [0.25, 0.3) is 0 Å². The lowest BCUT2D eigenvalue weighted by Gasteiger charge is -2.42. The van der Waals surface area contributed by atoms with E-state index in [1.54, 1.807) is 0 Å². The predicted octanol–water partition coefficient (Wildman–Crippen LogP) is 14.3. The Balaban J connectivity index is 0.984. The summed E-state index contributed by atoms with van der Waals surface area (Å²) in [5.41, 5.74) is 15.1. The molecule has 9 aromatic rings. The highest BCUT2D eigenvalue weighted by molar-refractivity contribution is 5.97. The van der Waals surface area contributed by atoms with Crippen molar-refractivity contribution in [1.29, 1.82) is 0 Å². The van der Waals surface area contributed by atoms with Gasteiger partial charge in [0.05, 0.1) is 34.0 Å². The predicted molar refractivity (Wildman–Crippen MR) is 237 cm³/mol. The van der Waals surface area contributed by atoms with Gasteiger partial charge >= 0.3 is 0 Å². The molecule has 5 nitrogen and oxygen atoms in total. The minimum Gasteiger partial charge on any atom is -0.453 e. The van der Waals surface area contributed by atoms with Gasteiger partial charge < -0.3 is 14.5 Å². The summed E-state index contributed by atoms with van der Waals surface area (Å²) in [4.78, 5) is 15.1. The van der Waals surface area contributed by atoms with Gasteiger partial charge in [-0.15, -0.1) is 0 Å². The molecule has 0 bridgehead atoms. The smallest absolute Gasteiger partial charge is 0.160 e. The Hall–Kier alpha value is -7.50. The van der Waals surface area contributed by atoms with E-state index in [2.05, 4.69) is 163 Å². The fourth-order valence-corrected chi connectivity index (χ4v) is 8.75. The molecular weight excluding hydrogens is 709 g/mol. The van der Waals surface area contributed by atoms with Crippen LogP contribution in [0.4, 0.5) is 34.1 Å². The van der Waals surface area contributed by atoms with Gasteiger partial charge in [0.1, 0.15) is 0 Å². The van der Waals surface area contributed by atoms with E-state index in [1.165, 1.54) is 22.5 Å². The lowest BCUT2D eigenvalue weighted by atomic mass is 9.73.